The van der Waals surface area contributed by atoms with Gasteiger partial charge in [-0.25, -0.2) is 0 Å². The summed E-state index contributed by atoms with van der Waals surface area (Å²) in [4.78, 5) is 25.4. The minimum absolute atomic E-state index is 0.0458. The van der Waals surface area contributed by atoms with Crippen LogP contribution in [0.1, 0.15) is 24.2 Å². The Bertz CT molecular complexity index is 708. The highest BCUT2D eigenvalue weighted by molar-refractivity contribution is 5.80. The summed E-state index contributed by atoms with van der Waals surface area (Å²) in [5, 5.41) is 9.23. The molecular formula is C21H23NO4. The van der Waals surface area contributed by atoms with E-state index < -0.39 is 11.9 Å². The van der Waals surface area contributed by atoms with Gasteiger partial charge in [-0.3, -0.25) is 9.59 Å². The lowest BCUT2D eigenvalue weighted by Gasteiger charge is -2.21. The minimum Gasteiger partial charge on any atom is -0.481 e. The number of ether oxygens (including phenoxy) is 1. The molecule has 0 saturated carbocycles. The Morgan fingerprint density at radius 2 is 1.58 bits per heavy atom. The summed E-state index contributed by atoms with van der Waals surface area (Å²) < 4.78 is 5.98. The summed E-state index contributed by atoms with van der Waals surface area (Å²) >= 11 is 0. The van der Waals surface area contributed by atoms with Gasteiger partial charge in [-0.05, 0) is 17.0 Å². The summed E-state index contributed by atoms with van der Waals surface area (Å²) in [6.07, 6.45) is -0.336. The number of aliphatic carboxylic acids is 1. The van der Waals surface area contributed by atoms with Crippen molar-refractivity contribution >= 4 is 11.9 Å². The van der Waals surface area contributed by atoms with Crippen molar-refractivity contribution in [2.24, 2.45) is 11.8 Å². The molecule has 136 valence electrons. The number of hydrogen-bond acceptors (Lipinski definition) is 3. The Kier molecular flexibility index (Phi) is 5.68. The molecule has 0 bridgehead atoms. The summed E-state index contributed by atoms with van der Waals surface area (Å²) in [5.41, 5.74) is 1.95. The summed E-state index contributed by atoms with van der Waals surface area (Å²) in [5.74, 6) is -1.56. The molecule has 1 aliphatic rings. The molecule has 1 heterocycles. The molecule has 1 amide bonds. The number of nitrogens with zero attached hydrogens (tertiary/aromatic N) is 1. The highest BCUT2D eigenvalue weighted by Crippen LogP contribution is 2.27. The first kappa shape index (κ1) is 18.1. The van der Waals surface area contributed by atoms with Gasteiger partial charge < -0.3 is 14.7 Å². The molecule has 5 nitrogen and oxygen atoms in total. The Morgan fingerprint density at radius 1 is 1.04 bits per heavy atom. The van der Waals surface area contributed by atoms with Crippen molar-refractivity contribution in [2.45, 2.75) is 13.0 Å². The van der Waals surface area contributed by atoms with Crippen LogP contribution in [0.4, 0.5) is 0 Å². The van der Waals surface area contributed by atoms with Crippen LogP contribution in [0, 0.1) is 11.8 Å². The van der Waals surface area contributed by atoms with Crippen LogP contribution in [0.3, 0.4) is 0 Å². The number of benzene rings is 2. The van der Waals surface area contributed by atoms with Gasteiger partial charge in [0.2, 0.25) is 5.91 Å². The van der Waals surface area contributed by atoms with Gasteiger partial charge in [-0.1, -0.05) is 67.6 Å². The van der Waals surface area contributed by atoms with Crippen LogP contribution in [-0.4, -0.2) is 41.6 Å². The second-order valence-electron chi connectivity index (χ2n) is 6.73. The maximum Gasteiger partial charge on any atom is 0.308 e. The quantitative estimate of drug-likeness (QED) is 0.867. The molecule has 1 saturated heterocycles. The van der Waals surface area contributed by atoms with E-state index in [9.17, 15) is 14.7 Å². The number of carbonyl (C=O) groups is 2. The van der Waals surface area contributed by atoms with Crippen molar-refractivity contribution in [3.8, 4) is 0 Å². The van der Waals surface area contributed by atoms with Gasteiger partial charge in [0.25, 0.3) is 0 Å². The number of amides is 1. The highest BCUT2D eigenvalue weighted by atomic mass is 16.5. The molecular weight excluding hydrogens is 330 g/mol. The zero-order valence-electron chi connectivity index (χ0n) is 14.7. The lowest BCUT2D eigenvalue weighted by Crippen LogP contribution is -2.33. The molecule has 2 aromatic rings. The van der Waals surface area contributed by atoms with E-state index >= 15 is 0 Å². The number of carbonyl (C=O) groups excluding carboxylic acids is 1. The standard InChI is InChI=1S/C21H23NO4/c1-15-12-22(13-18(15)21(24)25)19(23)14-26-20(16-8-4-2-5-9-16)17-10-6-3-7-11-17/h2-11,15,18,20H,12-14H2,1H3,(H,24,25)/t15-,18-/m1/s1. The average Bonchev–Trinajstić information content (AvgIpc) is 3.06. The molecule has 0 radical (unpaired) electrons. The van der Waals surface area contributed by atoms with Crippen molar-refractivity contribution in [1.29, 1.82) is 0 Å². The van der Waals surface area contributed by atoms with Crippen LogP contribution < -0.4 is 0 Å². The van der Waals surface area contributed by atoms with E-state index in [2.05, 4.69) is 0 Å². The molecule has 1 fully saturated rings. The Morgan fingerprint density at radius 3 is 2.04 bits per heavy atom. The number of carboxylic acid groups (broad SMARTS) is 1. The Hall–Kier alpha value is -2.66. The Labute approximate surface area is 153 Å². The summed E-state index contributed by atoms with van der Waals surface area (Å²) in [7, 11) is 0. The third-order valence-corrected chi connectivity index (χ3v) is 4.86. The third kappa shape index (κ3) is 4.11. The summed E-state index contributed by atoms with van der Waals surface area (Å²) in [6, 6.07) is 19.5. The molecule has 26 heavy (non-hydrogen) atoms. The number of hydrogen-bond donors (Lipinski definition) is 1. The highest BCUT2D eigenvalue weighted by Gasteiger charge is 2.37. The van der Waals surface area contributed by atoms with Gasteiger partial charge in [0.05, 0.1) is 5.92 Å². The molecule has 0 unspecified atom stereocenters. The molecule has 5 heteroatoms. The van der Waals surface area contributed by atoms with Gasteiger partial charge in [0.1, 0.15) is 12.7 Å². The molecule has 0 aromatic heterocycles. The van der Waals surface area contributed by atoms with Crippen molar-refractivity contribution in [2.75, 3.05) is 19.7 Å². The molecule has 0 aliphatic carbocycles. The zero-order valence-corrected chi connectivity index (χ0v) is 14.7. The van der Waals surface area contributed by atoms with Gasteiger partial charge in [-0.2, -0.15) is 0 Å². The van der Waals surface area contributed by atoms with Gasteiger partial charge in [0, 0.05) is 13.1 Å². The third-order valence-electron chi connectivity index (χ3n) is 4.86. The van der Waals surface area contributed by atoms with E-state index in [-0.39, 0.29) is 31.1 Å². The van der Waals surface area contributed by atoms with Crippen LogP contribution in [0.5, 0.6) is 0 Å². The fourth-order valence-corrected chi connectivity index (χ4v) is 3.38. The van der Waals surface area contributed by atoms with Crippen molar-refractivity contribution < 1.29 is 19.4 Å². The normalized spacial score (nSPS) is 19.7. The monoisotopic (exact) mass is 353 g/mol. The topological polar surface area (TPSA) is 66.8 Å². The van der Waals surface area contributed by atoms with Crippen LogP contribution in [0.2, 0.25) is 0 Å². The second-order valence-corrected chi connectivity index (χ2v) is 6.73. The molecule has 1 aliphatic heterocycles. The van der Waals surface area contributed by atoms with Gasteiger partial charge in [0.15, 0.2) is 0 Å². The zero-order chi connectivity index (χ0) is 18.5. The van der Waals surface area contributed by atoms with E-state index in [1.807, 2.05) is 67.6 Å². The lowest BCUT2D eigenvalue weighted by atomic mass is 9.99. The number of carboxylic acids is 1. The van der Waals surface area contributed by atoms with E-state index in [0.29, 0.717) is 6.54 Å². The number of likely N-dealkylation sites (tertiary alicyclic amines) is 1. The predicted octanol–water partition coefficient (Wildman–Crippen LogP) is 2.97. The average molecular weight is 353 g/mol. The second kappa shape index (κ2) is 8.15. The fraction of sp³-hybridized carbons (Fsp3) is 0.333. The van der Waals surface area contributed by atoms with E-state index in [1.54, 1.807) is 4.90 Å². The van der Waals surface area contributed by atoms with E-state index in [4.69, 9.17) is 4.74 Å². The molecule has 2 aromatic carbocycles. The maximum absolute atomic E-state index is 12.5. The van der Waals surface area contributed by atoms with Crippen molar-refractivity contribution in [1.82, 2.24) is 4.90 Å². The lowest BCUT2D eigenvalue weighted by molar-refractivity contribution is -0.142. The first-order chi connectivity index (χ1) is 12.6. The van der Waals surface area contributed by atoms with E-state index in [1.165, 1.54) is 0 Å². The van der Waals surface area contributed by atoms with Gasteiger partial charge >= 0.3 is 5.97 Å². The van der Waals surface area contributed by atoms with Crippen LogP contribution >= 0.6 is 0 Å². The molecule has 1 N–H and O–H groups in total. The van der Waals surface area contributed by atoms with Crippen LogP contribution in [0.15, 0.2) is 60.7 Å². The van der Waals surface area contributed by atoms with Crippen LogP contribution in [0.25, 0.3) is 0 Å². The summed E-state index contributed by atoms with van der Waals surface area (Å²) in [6.45, 7) is 2.50. The largest absolute Gasteiger partial charge is 0.481 e. The molecule has 0 spiro atoms. The number of rotatable bonds is 6. The predicted molar refractivity (Wildman–Crippen MR) is 97.5 cm³/mol. The minimum atomic E-state index is -0.847. The van der Waals surface area contributed by atoms with Crippen molar-refractivity contribution in [3.63, 3.8) is 0 Å². The maximum atomic E-state index is 12.5. The van der Waals surface area contributed by atoms with Crippen LogP contribution in [-0.2, 0) is 14.3 Å². The van der Waals surface area contributed by atoms with Gasteiger partial charge in [-0.15, -0.1) is 0 Å². The van der Waals surface area contributed by atoms with Crippen molar-refractivity contribution in [3.05, 3.63) is 71.8 Å². The first-order valence-electron chi connectivity index (χ1n) is 8.78. The molecule has 3 rings (SSSR count). The SMILES string of the molecule is C[C@@H]1CN(C(=O)COC(c2ccccc2)c2ccccc2)C[C@H]1C(=O)O. The van der Waals surface area contributed by atoms with E-state index in [0.717, 1.165) is 11.1 Å². The smallest absolute Gasteiger partial charge is 0.308 e. The molecule has 2 atom stereocenters. The fourth-order valence-electron chi connectivity index (χ4n) is 3.38. The first-order valence-corrected chi connectivity index (χ1v) is 8.78. The Balaban J connectivity index is 1.69.